The Morgan fingerprint density at radius 2 is 2.14 bits per heavy atom. The lowest BCUT2D eigenvalue weighted by Crippen LogP contribution is -2.33. The van der Waals surface area contributed by atoms with Crippen LogP contribution in [0.2, 0.25) is 0 Å². The first-order valence-electron chi connectivity index (χ1n) is 8.35. The maximum absolute atomic E-state index is 12.5. The van der Waals surface area contributed by atoms with Gasteiger partial charge in [-0.3, -0.25) is 4.79 Å². The maximum Gasteiger partial charge on any atom is 0.222 e. The second-order valence-electron chi connectivity index (χ2n) is 6.63. The summed E-state index contributed by atoms with van der Waals surface area (Å²) < 4.78 is 5.46. The third kappa shape index (κ3) is 3.12. The first-order valence-corrected chi connectivity index (χ1v) is 8.35. The summed E-state index contributed by atoms with van der Waals surface area (Å²) in [5.74, 6) is 1.98. The molecule has 1 heterocycles. The van der Waals surface area contributed by atoms with Crippen molar-refractivity contribution in [2.45, 2.75) is 44.1 Å². The van der Waals surface area contributed by atoms with Crippen molar-refractivity contribution in [1.82, 2.24) is 4.90 Å². The van der Waals surface area contributed by atoms with Gasteiger partial charge in [0.05, 0.1) is 7.11 Å². The second-order valence-corrected chi connectivity index (χ2v) is 6.63. The summed E-state index contributed by atoms with van der Waals surface area (Å²) in [6.45, 7) is 1.66. The fraction of sp³-hybridized carbons (Fsp3) is 0.611. The molecule has 0 bridgehead atoms. The van der Waals surface area contributed by atoms with Gasteiger partial charge in [0.25, 0.3) is 0 Å². The zero-order valence-electron chi connectivity index (χ0n) is 13.3. The first-order chi connectivity index (χ1) is 10.7. The largest absolute Gasteiger partial charge is 0.496 e. The number of carbonyl (C=O) groups excluding carboxylic acids is 1. The fourth-order valence-corrected chi connectivity index (χ4v) is 3.92. The van der Waals surface area contributed by atoms with Crippen LogP contribution in [0.5, 0.6) is 5.75 Å². The molecule has 1 amide bonds. The van der Waals surface area contributed by atoms with E-state index in [0.717, 1.165) is 38.1 Å². The molecule has 120 valence electrons. The molecular formula is C18H26N2O2. The minimum absolute atomic E-state index is 0.219. The van der Waals surface area contributed by atoms with Crippen LogP contribution in [-0.2, 0) is 4.79 Å². The Labute approximate surface area is 132 Å². The number of nitrogens with two attached hydrogens (primary N) is 1. The molecule has 2 aliphatic rings. The molecule has 1 aromatic rings. The summed E-state index contributed by atoms with van der Waals surface area (Å²) in [6.07, 6.45) is 4.99. The van der Waals surface area contributed by atoms with Gasteiger partial charge >= 0.3 is 0 Å². The van der Waals surface area contributed by atoms with E-state index in [9.17, 15) is 4.79 Å². The van der Waals surface area contributed by atoms with E-state index in [4.69, 9.17) is 10.5 Å². The van der Waals surface area contributed by atoms with E-state index >= 15 is 0 Å². The van der Waals surface area contributed by atoms with Crippen LogP contribution in [0.25, 0.3) is 0 Å². The number of amides is 1. The van der Waals surface area contributed by atoms with Gasteiger partial charge in [-0.2, -0.15) is 0 Å². The Balaban J connectivity index is 1.61. The third-order valence-corrected chi connectivity index (χ3v) is 5.27. The molecule has 0 spiro atoms. The van der Waals surface area contributed by atoms with Crippen LogP contribution in [0.15, 0.2) is 24.3 Å². The zero-order valence-corrected chi connectivity index (χ0v) is 13.3. The van der Waals surface area contributed by atoms with Crippen molar-refractivity contribution in [3.8, 4) is 5.75 Å². The summed E-state index contributed by atoms with van der Waals surface area (Å²) in [5.41, 5.74) is 7.32. The van der Waals surface area contributed by atoms with Crippen LogP contribution in [0, 0.1) is 5.92 Å². The summed E-state index contributed by atoms with van der Waals surface area (Å²) in [4.78, 5) is 14.5. The van der Waals surface area contributed by atoms with Crippen molar-refractivity contribution in [3.63, 3.8) is 0 Å². The first kappa shape index (κ1) is 15.3. The lowest BCUT2D eigenvalue weighted by Gasteiger charge is -2.21. The van der Waals surface area contributed by atoms with E-state index in [0.29, 0.717) is 18.3 Å². The number of likely N-dealkylation sites (tertiary alicyclic amines) is 1. The third-order valence-electron chi connectivity index (χ3n) is 5.27. The summed E-state index contributed by atoms with van der Waals surface area (Å²) in [6, 6.07) is 8.36. The molecule has 0 radical (unpaired) electrons. The molecule has 22 heavy (non-hydrogen) atoms. The van der Waals surface area contributed by atoms with Crippen molar-refractivity contribution in [2.24, 2.45) is 11.7 Å². The number of ether oxygens (including phenoxy) is 1. The second kappa shape index (κ2) is 6.69. The van der Waals surface area contributed by atoms with Crippen LogP contribution in [-0.4, -0.2) is 37.0 Å². The van der Waals surface area contributed by atoms with Crippen molar-refractivity contribution in [2.75, 3.05) is 20.2 Å². The summed E-state index contributed by atoms with van der Waals surface area (Å²) in [7, 11) is 1.71. The molecule has 3 rings (SSSR count). The molecule has 4 nitrogen and oxygen atoms in total. The molecule has 2 N–H and O–H groups in total. The molecule has 2 fully saturated rings. The number of para-hydroxylation sites is 1. The van der Waals surface area contributed by atoms with Gasteiger partial charge in [0.15, 0.2) is 0 Å². The van der Waals surface area contributed by atoms with Crippen molar-refractivity contribution >= 4 is 5.91 Å². The van der Waals surface area contributed by atoms with Crippen LogP contribution in [0.3, 0.4) is 0 Å². The predicted molar refractivity (Wildman–Crippen MR) is 86.9 cm³/mol. The highest BCUT2D eigenvalue weighted by molar-refractivity contribution is 5.77. The van der Waals surface area contributed by atoms with Crippen LogP contribution < -0.4 is 10.5 Å². The van der Waals surface area contributed by atoms with Crippen molar-refractivity contribution in [1.29, 1.82) is 0 Å². The maximum atomic E-state index is 12.5. The number of rotatable bonds is 4. The Hall–Kier alpha value is -1.55. The molecule has 1 saturated carbocycles. The smallest absolute Gasteiger partial charge is 0.222 e. The minimum atomic E-state index is 0.219. The van der Waals surface area contributed by atoms with E-state index in [-0.39, 0.29) is 11.9 Å². The summed E-state index contributed by atoms with van der Waals surface area (Å²) in [5, 5.41) is 0. The predicted octanol–water partition coefficient (Wildman–Crippen LogP) is 2.53. The Morgan fingerprint density at radius 3 is 2.86 bits per heavy atom. The van der Waals surface area contributed by atoms with Gasteiger partial charge in [0, 0.05) is 31.5 Å². The van der Waals surface area contributed by atoms with Crippen LogP contribution >= 0.6 is 0 Å². The Kier molecular flexibility index (Phi) is 4.67. The molecule has 1 aromatic carbocycles. The van der Waals surface area contributed by atoms with E-state index in [1.54, 1.807) is 7.11 Å². The molecule has 4 heteroatoms. The molecule has 0 aromatic heterocycles. The number of hydrogen-bond acceptors (Lipinski definition) is 3. The lowest BCUT2D eigenvalue weighted by molar-refractivity contribution is -0.131. The van der Waals surface area contributed by atoms with Gasteiger partial charge in [-0.1, -0.05) is 24.6 Å². The van der Waals surface area contributed by atoms with Gasteiger partial charge < -0.3 is 15.4 Å². The monoisotopic (exact) mass is 302 g/mol. The van der Waals surface area contributed by atoms with E-state index < -0.39 is 0 Å². The van der Waals surface area contributed by atoms with Gasteiger partial charge in [0.1, 0.15) is 5.75 Å². The van der Waals surface area contributed by atoms with E-state index in [1.165, 1.54) is 12.0 Å². The normalized spacial score (nSPS) is 28.1. The molecule has 1 aliphatic heterocycles. The molecule has 1 unspecified atom stereocenters. The van der Waals surface area contributed by atoms with Gasteiger partial charge in [0.2, 0.25) is 5.91 Å². The molecule has 1 aliphatic carbocycles. The highest BCUT2D eigenvalue weighted by Gasteiger charge is 2.32. The highest BCUT2D eigenvalue weighted by atomic mass is 16.5. The number of benzene rings is 1. The summed E-state index contributed by atoms with van der Waals surface area (Å²) >= 11 is 0. The lowest BCUT2D eigenvalue weighted by atomic mass is 9.97. The Bertz CT molecular complexity index is 532. The number of methoxy groups -OCH3 is 1. The molecule has 3 atom stereocenters. The van der Waals surface area contributed by atoms with Crippen molar-refractivity contribution < 1.29 is 9.53 Å². The standard InChI is InChI=1S/C18H26N2O2/c1-22-17-8-3-2-6-15(17)14-9-10-20(12-14)18(21)11-13-5-4-7-16(13)19/h2-3,6,8,13-14,16H,4-5,7,9-12,19H2,1H3/t13-,14?,16+/m0/s1. The number of hydrogen-bond donors (Lipinski definition) is 1. The molecule has 1 saturated heterocycles. The van der Waals surface area contributed by atoms with Gasteiger partial charge in [-0.25, -0.2) is 0 Å². The average molecular weight is 302 g/mol. The zero-order chi connectivity index (χ0) is 15.5. The van der Waals surface area contributed by atoms with Crippen molar-refractivity contribution in [3.05, 3.63) is 29.8 Å². The SMILES string of the molecule is COc1ccccc1C1CCN(C(=O)C[C@@H]2CCC[C@H]2N)C1. The average Bonchev–Trinajstić information content (AvgIpc) is 3.17. The minimum Gasteiger partial charge on any atom is -0.496 e. The Morgan fingerprint density at radius 1 is 1.32 bits per heavy atom. The van der Waals surface area contributed by atoms with E-state index in [2.05, 4.69) is 6.07 Å². The van der Waals surface area contributed by atoms with Crippen LogP contribution in [0.1, 0.15) is 43.6 Å². The number of carbonyl (C=O) groups is 1. The highest BCUT2D eigenvalue weighted by Crippen LogP contribution is 2.34. The van der Waals surface area contributed by atoms with Crippen LogP contribution in [0.4, 0.5) is 0 Å². The van der Waals surface area contributed by atoms with E-state index in [1.807, 2.05) is 23.1 Å². The quantitative estimate of drug-likeness (QED) is 0.930. The van der Waals surface area contributed by atoms with Gasteiger partial charge in [-0.05, 0) is 36.8 Å². The topological polar surface area (TPSA) is 55.6 Å². The van der Waals surface area contributed by atoms with Gasteiger partial charge in [-0.15, -0.1) is 0 Å². The number of nitrogens with zero attached hydrogens (tertiary/aromatic N) is 1. The fourth-order valence-electron chi connectivity index (χ4n) is 3.92. The molecular weight excluding hydrogens is 276 g/mol.